The van der Waals surface area contributed by atoms with Gasteiger partial charge < -0.3 is 0 Å². The Kier molecular flexibility index (Phi) is 3.02. The van der Waals surface area contributed by atoms with E-state index in [1.807, 2.05) is 6.92 Å². The van der Waals surface area contributed by atoms with Gasteiger partial charge in [0, 0.05) is 11.8 Å². The van der Waals surface area contributed by atoms with Crippen LogP contribution in [0.4, 0.5) is 0 Å². The summed E-state index contributed by atoms with van der Waals surface area (Å²) in [5, 5.41) is 0. The molecule has 19 heavy (non-hydrogen) atoms. The van der Waals surface area contributed by atoms with Gasteiger partial charge in [0.15, 0.2) is 6.73 Å². The Morgan fingerprint density at radius 2 is 2.16 bits per heavy atom. The van der Waals surface area contributed by atoms with Crippen molar-refractivity contribution in [3.63, 3.8) is 0 Å². The number of alkyl halides is 2. The highest BCUT2D eigenvalue weighted by molar-refractivity contribution is 7.89. The topological polar surface area (TPSA) is 66.8 Å². The largest absolute Gasteiger partial charge is 0.299 e. The van der Waals surface area contributed by atoms with E-state index in [0.717, 1.165) is 10.9 Å². The molecule has 0 aromatic rings. The molecule has 0 spiro atoms. The molecule has 0 aromatic carbocycles. The number of carbonyl (C=O) groups excluding carboxylic acids is 1. The molecule has 1 saturated heterocycles. The van der Waals surface area contributed by atoms with Crippen LogP contribution in [-0.4, -0.2) is 36.0 Å². The van der Waals surface area contributed by atoms with Gasteiger partial charge in [0.1, 0.15) is 10.6 Å². The number of rotatable bonds is 4. The molecule has 0 amide bonds. The van der Waals surface area contributed by atoms with Crippen molar-refractivity contribution in [3.05, 3.63) is 0 Å². The van der Waals surface area contributed by atoms with Gasteiger partial charge in [-0.05, 0) is 18.8 Å². The fourth-order valence-corrected chi connectivity index (χ4v) is 6.34. The summed E-state index contributed by atoms with van der Waals surface area (Å²) in [5.41, 5.74) is -1.63. The molecule has 3 fully saturated rings. The fourth-order valence-electron chi connectivity index (χ4n) is 3.82. The Morgan fingerprint density at radius 3 is 2.63 bits per heavy atom. The highest BCUT2D eigenvalue weighted by Gasteiger charge is 2.70. The summed E-state index contributed by atoms with van der Waals surface area (Å²) in [6.45, 7) is 1.91. The van der Waals surface area contributed by atoms with Gasteiger partial charge in [-0.2, -0.15) is 0 Å². The van der Waals surface area contributed by atoms with Crippen LogP contribution < -0.4 is 0 Å². The lowest BCUT2D eigenvalue weighted by molar-refractivity contribution is -0.128. The molecule has 3 aliphatic rings. The van der Waals surface area contributed by atoms with E-state index < -0.39 is 25.7 Å². The molecule has 5 nitrogen and oxygen atoms in total. The zero-order valence-electron chi connectivity index (χ0n) is 10.4. The zero-order valence-corrected chi connectivity index (χ0v) is 12.8. The van der Waals surface area contributed by atoms with E-state index in [9.17, 15) is 13.2 Å². The number of fused-ring (bicyclic) bond motifs is 2. The Balaban J connectivity index is 2.02. The van der Waals surface area contributed by atoms with Crippen molar-refractivity contribution in [3.8, 4) is 0 Å². The summed E-state index contributed by atoms with van der Waals surface area (Å²) < 4.78 is 25.2. The van der Waals surface area contributed by atoms with Crippen LogP contribution >= 0.6 is 23.2 Å². The second-order valence-corrected chi connectivity index (χ2v) is 8.80. The maximum absolute atomic E-state index is 12.4. The predicted molar refractivity (Wildman–Crippen MR) is 70.0 cm³/mol. The van der Waals surface area contributed by atoms with E-state index in [-0.39, 0.29) is 24.2 Å². The summed E-state index contributed by atoms with van der Waals surface area (Å²) in [7, 11) is -3.58. The van der Waals surface area contributed by atoms with Crippen molar-refractivity contribution in [2.24, 2.45) is 16.7 Å². The highest BCUT2D eigenvalue weighted by Crippen LogP contribution is 2.67. The number of Topliss-reactive ketones (excluding diaryl/α,β-unsaturated/α-hetero) is 1. The van der Waals surface area contributed by atoms with Gasteiger partial charge in [0.2, 0.25) is 10.0 Å². The molecular weight excluding hydrogens is 313 g/mol. The molecule has 8 heteroatoms. The van der Waals surface area contributed by atoms with E-state index >= 15 is 0 Å². The first-order chi connectivity index (χ1) is 8.74. The third-order valence-corrected chi connectivity index (χ3v) is 7.79. The first-order valence-corrected chi connectivity index (χ1v) is 8.67. The quantitative estimate of drug-likeness (QED) is 0.582. The second-order valence-electron chi connectivity index (χ2n) is 5.85. The van der Waals surface area contributed by atoms with Crippen LogP contribution in [0.25, 0.3) is 0 Å². The Morgan fingerprint density at radius 1 is 1.53 bits per heavy atom. The number of carbonyl (C=O) groups is 1. The summed E-state index contributed by atoms with van der Waals surface area (Å²) in [6.07, 6.45) is 1.72. The van der Waals surface area contributed by atoms with Crippen molar-refractivity contribution < 1.29 is 18.0 Å². The normalized spacial score (nSPS) is 45.2. The van der Waals surface area contributed by atoms with E-state index in [1.54, 1.807) is 0 Å². The SMILES string of the molecule is C[C@]1(C(Cl)Cl)[C@H]2CC[C@]1(CS(=O)(=O)N1CO1)C(=O)C2. The van der Waals surface area contributed by atoms with Crippen molar-refractivity contribution in [1.82, 2.24) is 4.47 Å². The molecule has 0 N–H and O–H groups in total. The fraction of sp³-hybridized carbons (Fsp3) is 0.909. The van der Waals surface area contributed by atoms with Gasteiger partial charge in [-0.15, -0.1) is 23.2 Å². The van der Waals surface area contributed by atoms with E-state index in [4.69, 9.17) is 28.0 Å². The van der Waals surface area contributed by atoms with Crippen LogP contribution in [0, 0.1) is 16.7 Å². The molecular formula is C11H15Cl2NO4S. The molecule has 3 rings (SSSR count). The average molecular weight is 328 g/mol. The standard InChI is InChI=1S/C11H15Cl2NO4S/c1-10(9(12)13)7-2-3-11(10,8(15)4-7)5-19(16,17)14-6-18-14/h7,9H,2-6H2,1H3/t7-,10+,11-,14?/m0/s1. The van der Waals surface area contributed by atoms with Gasteiger partial charge in [0.05, 0.1) is 11.2 Å². The van der Waals surface area contributed by atoms with E-state index in [2.05, 4.69) is 0 Å². The summed E-state index contributed by atoms with van der Waals surface area (Å²) >= 11 is 12.2. The molecule has 2 bridgehead atoms. The van der Waals surface area contributed by atoms with Gasteiger partial charge in [-0.1, -0.05) is 11.4 Å². The van der Waals surface area contributed by atoms with Crippen LogP contribution in [0.3, 0.4) is 0 Å². The third kappa shape index (κ3) is 1.73. The van der Waals surface area contributed by atoms with Crippen LogP contribution in [0.5, 0.6) is 0 Å². The number of halogens is 2. The Hall–Kier alpha value is 0.120. The number of hydroxylamine groups is 1. The van der Waals surface area contributed by atoms with Crippen LogP contribution in [0.15, 0.2) is 0 Å². The highest BCUT2D eigenvalue weighted by atomic mass is 35.5. The van der Waals surface area contributed by atoms with E-state index in [0.29, 0.717) is 12.8 Å². The van der Waals surface area contributed by atoms with Crippen molar-refractivity contribution >= 4 is 39.0 Å². The average Bonchev–Trinajstić information content (AvgIpc) is 3.09. The molecule has 2 saturated carbocycles. The minimum atomic E-state index is -3.58. The molecule has 2 aliphatic carbocycles. The second kappa shape index (κ2) is 4.07. The lowest BCUT2D eigenvalue weighted by Gasteiger charge is -2.40. The first-order valence-electron chi connectivity index (χ1n) is 6.19. The van der Waals surface area contributed by atoms with Gasteiger partial charge >= 0.3 is 0 Å². The summed E-state index contributed by atoms with van der Waals surface area (Å²) in [5.74, 6) is -0.199. The lowest BCUT2D eigenvalue weighted by Crippen LogP contribution is -2.47. The number of sulfonamides is 1. The van der Waals surface area contributed by atoms with Crippen molar-refractivity contribution in [2.45, 2.75) is 31.0 Å². The Labute approximate surface area is 122 Å². The van der Waals surface area contributed by atoms with Gasteiger partial charge in [-0.3, -0.25) is 9.63 Å². The maximum atomic E-state index is 12.4. The third-order valence-electron chi connectivity index (χ3n) is 5.19. The van der Waals surface area contributed by atoms with Crippen molar-refractivity contribution in [2.75, 3.05) is 12.5 Å². The Bertz CT molecular complexity index is 533. The zero-order chi connectivity index (χ0) is 14.1. The van der Waals surface area contributed by atoms with Crippen LogP contribution in [-0.2, 0) is 19.7 Å². The van der Waals surface area contributed by atoms with E-state index in [1.165, 1.54) is 0 Å². The number of hydrogen-bond acceptors (Lipinski definition) is 4. The molecule has 4 atom stereocenters. The number of hydrogen-bond donors (Lipinski definition) is 0. The smallest absolute Gasteiger partial charge is 0.239 e. The summed E-state index contributed by atoms with van der Waals surface area (Å²) in [4.78, 5) is 16.3. The van der Waals surface area contributed by atoms with Gasteiger partial charge in [-0.25, -0.2) is 8.42 Å². The molecule has 108 valence electrons. The first kappa shape index (κ1) is 14.1. The van der Waals surface area contributed by atoms with Crippen LogP contribution in [0.1, 0.15) is 26.2 Å². The summed E-state index contributed by atoms with van der Waals surface area (Å²) in [6, 6.07) is 0. The molecule has 0 radical (unpaired) electrons. The lowest BCUT2D eigenvalue weighted by atomic mass is 9.70. The maximum Gasteiger partial charge on any atom is 0.239 e. The monoisotopic (exact) mass is 327 g/mol. The number of nitrogens with zero attached hydrogens (tertiary/aromatic N) is 1. The molecule has 1 aliphatic heterocycles. The molecule has 1 heterocycles. The number of ketones is 1. The van der Waals surface area contributed by atoms with Gasteiger partial charge in [0.25, 0.3) is 0 Å². The predicted octanol–water partition coefficient (Wildman–Crippen LogP) is 1.70. The minimum Gasteiger partial charge on any atom is -0.299 e. The van der Waals surface area contributed by atoms with Crippen molar-refractivity contribution in [1.29, 1.82) is 0 Å². The molecule has 1 unspecified atom stereocenters. The van der Waals surface area contributed by atoms with Crippen LogP contribution in [0.2, 0.25) is 0 Å². The minimum absolute atomic E-state index is 0.0250. The molecule has 0 aromatic heterocycles.